The molecule has 0 saturated heterocycles. The molecule has 88 valence electrons. The summed E-state index contributed by atoms with van der Waals surface area (Å²) in [5, 5.41) is 2.43. The highest BCUT2D eigenvalue weighted by Crippen LogP contribution is 2.38. The second-order valence-electron chi connectivity index (χ2n) is 2.90. The fourth-order valence-electron chi connectivity index (χ4n) is 1.25. The van der Waals surface area contributed by atoms with E-state index in [4.69, 9.17) is 19.9 Å². The van der Waals surface area contributed by atoms with Gasteiger partial charge >= 0.3 is 6.03 Å². The lowest BCUT2D eigenvalue weighted by molar-refractivity contribution is 0.259. The Morgan fingerprint density at radius 3 is 1.94 bits per heavy atom. The van der Waals surface area contributed by atoms with Crippen LogP contribution < -0.4 is 25.3 Å². The molecule has 0 aliphatic heterocycles. The Morgan fingerprint density at radius 1 is 1.12 bits per heavy atom. The molecule has 6 nitrogen and oxygen atoms in total. The van der Waals surface area contributed by atoms with E-state index in [0.717, 1.165) is 0 Å². The zero-order chi connectivity index (χ0) is 12.1. The molecule has 0 bridgehead atoms. The summed E-state index contributed by atoms with van der Waals surface area (Å²) in [6, 6.07) is 2.54. The van der Waals surface area contributed by atoms with Gasteiger partial charge in [0.05, 0.1) is 21.3 Å². The van der Waals surface area contributed by atoms with Crippen molar-refractivity contribution in [3.8, 4) is 17.2 Å². The number of methoxy groups -OCH3 is 3. The van der Waals surface area contributed by atoms with Crippen molar-refractivity contribution < 1.29 is 19.0 Å². The number of benzene rings is 1. The van der Waals surface area contributed by atoms with Crippen LogP contribution in [0.2, 0.25) is 0 Å². The fraction of sp³-hybridized carbons (Fsp3) is 0.300. The maximum Gasteiger partial charge on any atom is 0.316 e. The van der Waals surface area contributed by atoms with Gasteiger partial charge in [-0.1, -0.05) is 0 Å². The average Bonchev–Trinajstić information content (AvgIpc) is 2.28. The van der Waals surface area contributed by atoms with Gasteiger partial charge < -0.3 is 25.3 Å². The second kappa shape index (κ2) is 5.11. The molecule has 0 saturated carbocycles. The highest BCUT2D eigenvalue weighted by atomic mass is 16.5. The second-order valence-corrected chi connectivity index (χ2v) is 2.90. The Bertz CT molecular complexity index is 367. The SMILES string of the molecule is COc1cc(OC)c(NC(N)=O)c(OC)c1. The van der Waals surface area contributed by atoms with E-state index < -0.39 is 6.03 Å². The van der Waals surface area contributed by atoms with Crippen molar-refractivity contribution in [3.05, 3.63) is 12.1 Å². The summed E-state index contributed by atoms with van der Waals surface area (Å²) < 4.78 is 15.3. The number of urea groups is 1. The van der Waals surface area contributed by atoms with Crippen molar-refractivity contribution in [2.75, 3.05) is 26.6 Å². The first kappa shape index (κ1) is 12.0. The summed E-state index contributed by atoms with van der Waals surface area (Å²) in [7, 11) is 4.47. The zero-order valence-electron chi connectivity index (χ0n) is 9.37. The Labute approximate surface area is 93.3 Å². The molecule has 1 rings (SSSR count). The van der Waals surface area contributed by atoms with Gasteiger partial charge in [0.2, 0.25) is 0 Å². The van der Waals surface area contributed by atoms with Gasteiger partial charge in [-0.15, -0.1) is 0 Å². The summed E-state index contributed by atoms with van der Waals surface area (Å²) in [5.74, 6) is 1.38. The third-order valence-corrected chi connectivity index (χ3v) is 1.96. The molecule has 0 aliphatic carbocycles. The smallest absolute Gasteiger partial charge is 0.316 e. The highest BCUT2D eigenvalue weighted by molar-refractivity contribution is 5.92. The highest BCUT2D eigenvalue weighted by Gasteiger charge is 2.14. The van der Waals surface area contributed by atoms with Crippen LogP contribution in [0.4, 0.5) is 10.5 Å². The molecule has 0 fully saturated rings. The lowest BCUT2D eigenvalue weighted by Gasteiger charge is -2.14. The summed E-state index contributed by atoms with van der Waals surface area (Å²) in [6.45, 7) is 0. The van der Waals surface area contributed by atoms with E-state index in [1.807, 2.05) is 0 Å². The van der Waals surface area contributed by atoms with Crippen molar-refractivity contribution >= 4 is 11.7 Å². The van der Waals surface area contributed by atoms with Crippen LogP contribution >= 0.6 is 0 Å². The van der Waals surface area contributed by atoms with Crippen LogP contribution in [0.5, 0.6) is 17.2 Å². The topological polar surface area (TPSA) is 82.8 Å². The molecule has 0 aromatic heterocycles. The largest absolute Gasteiger partial charge is 0.496 e. The molecule has 0 spiro atoms. The quantitative estimate of drug-likeness (QED) is 0.808. The molecule has 0 radical (unpaired) electrons. The first-order chi connectivity index (χ1) is 7.62. The van der Waals surface area contributed by atoms with Crippen LogP contribution in [-0.4, -0.2) is 27.4 Å². The molecule has 2 amide bonds. The number of carbonyl (C=O) groups excluding carboxylic acids is 1. The number of hydrogen-bond donors (Lipinski definition) is 2. The first-order valence-corrected chi connectivity index (χ1v) is 4.48. The number of hydrogen-bond acceptors (Lipinski definition) is 4. The molecule has 1 aromatic rings. The average molecular weight is 226 g/mol. The van der Waals surface area contributed by atoms with Gasteiger partial charge in [-0.3, -0.25) is 0 Å². The minimum absolute atomic E-state index is 0.373. The number of anilines is 1. The van der Waals surface area contributed by atoms with E-state index in [9.17, 15) is 4.79 Å². The van der Waals surface area contributed by atoms with Gasteiger partial charge in [-0.05, 0) is 0 Å². The maximum atomic E-state index is 10.8. The van der Waals surface area contributed by atoms with Crippen LogP contribution in [0.1, 0.15) is 0 Å². The van der Waals surface area contributed by atoms with Crippen molar-refractivity contribution in [2.45, 2.75) is 0 Å². The van der Waals surface area contributed by atoms with Gasteiger partial charge in [0.1, 0.15) is 22.9 Å². The Hall–Kier alpha value is -2.11. The lowest BCUT2D eigenvalue weighted by atomic mass is 10.2. The van der Waals surface area contributed by atoms with Gasteiger partial charge in [0.25, 0.3) is 0 Å². The minimum atomic E-state index is -0.693. The number of primary amides is 1. The molecule has 0 aliphatic rings. The van der Waals surface area contributed by atoms with Crippen LogP contribution in [-0.2, 0) is 0 Å². The summed E-state index contributed by atoms with van der Waals surface area (Å²) in [6.07, 6.45) is 0. The molecule has 16 heavy (non-hydrogen) atoms. The van der Waals surface area contributed by atoms with E-state index in [0.29, 0.717) is 22.9 Å². The van der Waals surface area contributed by atoms with Gasteiger partial charge in [0, 0.05) is 12.1 Å². The van der Waals surface area contributed by atoms with Crippen LogP contribution in [0.15, 0.2) is 12.1 Å². The Kier molecular flexibility index (Phi) is 3.82. The van der Waals surface area contributed by atoms with Crippen molar-refractivity contribution in [1.82, 2.24) is 0 Å². The number of ether oxygens (including phenoxy) is 3. The zero-order valence-corrected chi connectivity index (χ0v) is 9.37. The van der Waals surface area contributed by atoms with E-state index in [2.05, 4.69) is 5.32 Å². The number of amides is 2. The number of carbonyl (C=O) groups is 1. The van der Waals surface area contributed by atoms with Crippen molar-refractivity contribution in [2.24, 2.45) is 5.73 Å². The number of nitrogens with two attached hydrogens (primary N) is 1. The molecule has 0 unspecified atom stereocenters. The Balaban J connectivity index is 3.25. The van der Waals surface area contributed by atoms with Gasteiger partial charge in [-0.25, -0.2) is 4.79 Å². The normalized spacial score (nSPS) is 9.44. The van der Waals surface area contributed by atoms with Crippen molar-refractivity contribution in [3.63, 3.8) is 0 Å². The minimum Gasteiger partial charge on any atom is -0.496 e. The number of nitrogens with one attached hydrogen (secondary N) is 1. The van der Waals surface area contributed by atoms with Gasteiger partial charge in [-0.2, -0.15) is 0 Å². The van der Waals surface area contributed by atoms with E-state index >= 15 is 0 Å². The first-order valence-electron chi connectivity index (χ1n) is 4.48. The molecule has 1 aromatic carbocycles. The molecular weight excluding hydrogens is 212 g/mol. The number of rotatable bonds is 4. The summed E-state index contributed by atoms with van der Waals surface area (Å²) >= 11 is 0. The third-order valence-electron chi connectivity index (χ3n) is 1.96. The fourth-order valence-corrected chi connectivity index (χ4v) is 1.25. The Morgan fingerprint density at radius 2 is 1.62 bits per heavy atom. The molecular formula is C10H14N2O4. The molecule has 0 heterocycles. The summed E-state index contributed by atoms with van der Waals surface area (Å²) in [4.78, 5) is 10.8. The lowest BCUT2D eigenvalue weighted by Crippen LogP contribution is -2.20. The molecule has 3 N–H and O–H groups in total. The predicted molar refractivity (Wildman–Crippen MR) is 59.3 cm³/mol. The summed E-state index contributed by atoms with van der Waals surface area (Å²) in [5.41, 5.74) is 5.42. The van der Waals surface area contributed by atoms with E-state index in [1.54, 1.807) is 12.1 Å². The van der Waals surface area contributed by atoms with Gasteiger partial charge in [0.15, 0.2) is 0 Å². The monoisotopic (exact) mass is 226 g/mol. The standard InChI is InChI=1S/C10H14N2O4/c1-14-6-4-7(15-2)9(12-10(11)13)8(5-6)16-3/h4-5H,1-3H3,(H3,11,12,13). The maximum absolute atomic E-state index is 10.8. The van der Waals surface area contributed by atoms with Crippen LogP contribution in [0, 0.1) is 0 Å². The van der Waals surface area contributed by atoms with Crippen molar-refractivity contribution in [1.29, 1.82) is 0 Å². The van der Waals surface area contributed by atoms with E-state index in [1.165, 1.54) is 21.3 Å². The molecule has 0 atom stereocenters. The van der Waals surface area contributed by atoms with Crippen LogP contribution in [0.3, 0.4) is 0 Å². The third kappa shape index (κ3) is 2.47. The van der Waals surface area contributed by atoms with Crippen LogP contribution in [0.25, 0.3) is 0 Å². The molecule has 6 heteroatoms. The predicted octanol–water partition coefficient (Wildman–Crippen LogP) is 1.20. The van der Waals surface area contributed by atoms with E-state index in [-0.39, 0.29) is 0 Å².